The SMILES string of the molecule is CCOC(=O)CON=C(C(=O)NC1C(=O)N2C(C(=O)[O-])=C(C[n+]3ccc4ccsc4c3)CS[C@@H]12)c1ccn[nH]1. The number of thioether (sulfide) groups is 1. The second-order valence-electron chi connectivity index (χ2n) is 8.45. The molecule has 202 valence electrons. The summed E-state index contributed by atoms with van der Waals surface area (Å²) < 4.78 is 7.68. The van der Waals surface area contributed by atoms with E-state index >= 15 is 0 Å². The van der Waals surface area contributed by atoms with Crippen molar-refractivity contribution in [1.29, 1.82) is 0 Å². The van der Waals surface area contributed by atoms with Crippen LogP contribution >= 0.6 is 23.1 Å². The quantitative estimate of drug-likeness (QED) is 0.105. The number of carboxylic acid groups (broad SMARTS) is 1. The molecule has 1 unspecified atom stereocenters. The van der Waals surface area contributed by atoms with E-state index in [1.807, 2.05) is 34.5 Å². The molecule has 3 aromatic heterocycles. The first-order valence-corrected chi connectivity index (χ1v) is 13.7. The average molecular weight is 571 g/mol. The minimum absolute atomic E-state index is 0.158. The first kappa shape index (κ1) is 26.4. The highest BCUT2D eigenvalue weighted by atomic mass is 32.2. The third-order valence-corrected chi connectivity index (χ3v) is 8.18. The molecule has 15 heteroatoms. The van der Waals surface area contributed by atoms with Gasteiger partial charge >= 0.3 is 5.97 Å². The van der Waals surface area contributed by atoms with E-state index in [9.17, 15) is 24.3 Å². The van der Waals surface area contributed by atoms with Crippen molar-refractivity contribution in [3.8, 4) is 0 Å². The molecule has 13 nitrogen and oxygen atoms in total. The topological polar surface area (TPSA) is 170 Å². The van der Waals surface area contributed by atoms with Crippen LogP contribution in [0, 0.1) is 0 Å². The fraction of sp³-hybridized carbons (Fsp3) is 0.292. The van der Waals surface area contributed by atoms with Crippen molar-refractivity contribution in [1.82, 2.24) is 20.4 Å². The number of esters is 1. The minimum Gasteiger partial charge on any atom is -0.543 e. The Morgan fingerprint density at radius 3 is 2.92 bits per heavy atom. The summed E-state index contributed by atoms with van der Waals surface area (Å²) in [5.41, 5.74) is 0.282. The van der Waals surface area contributed by atoms with E-state index < -0.39 is 41.8 Å². The van der Waals surface area contributed by atoms with Gasteiger partial charge in [0.1, 0.15) is 11.4 Å². The number of nitrogens with zero attached hydrogens (tertiary/aromatic N) is 4. The number of aromatic amines is 1. The van der Waals surface area contributed by atoms with Crippen LogP contribution in [0.3, 0.4) is 0 Å². The van der Waals surface area contributed by atoms with Gasteiger partial charge in [0, 0.05) is 29.0 Å². The number of rotatable bonds is 10. The van der Waals surface area contributed by atoms with Crippen molar-refractivity contribution in [3.63, 3.8) is 0 Å². The van der Waals surface area contributed by atoms with Crippen LogP contribution in [-0.2, 0) is 35.3 Å². The number of oxime groups is 1. The van der Waals surface area contributed by atoms with Crippen LogP contribution in [0.15, 0.2) is 58.6 Å². The van der Waals surface area contributed by atoms with Gasteiger partial charge in [0.2, 0.25) is 6.61 Å². The predicted molar refractivity (Wildman–Crippen MR) is 137 cm³/mol. The van der Waals surface area contributed by atoms with Crippen molar-refractivity contribution in [2.45, 2.75) is 24.9 Å². The third kappa shape index (κ3) is 5.35. The van der Waals surface area contributed by atoms with Crippen LogP contribution in [0.1, 0.15) is 12.6 Å². The second-order valence-corrected chi connectivity index (χ2v) is 10.5. The van der Waals surface area contributed by atoms with E-state index in [1.165, 1.54) is 24.0 Å². The standard InChI is InChI=1S/C24H22N6O7S2/c1-2-36-17(31)11-37-28-18(15-3-6-25-27-15)21(32)26-19-22(33)30-20(24(34)35)14(12-39-23(19)30)9-29-7-4-13-5-8-38-16(13)10-29/h3-8,10,19,23H,2,9,11-12H2,1H3,(H2-,25,26,27,28,32,34,35)/t19?,23-/m0/s1. The van der Waals surface area contributed by atoms with Gasteiger partial charge in [-0.25, -0.2) is 4.79 Å². The number of aliphatic carboxylic acids is 1. The summed E-state index contributed by atoms with van der Waals surface area (Å²) >= 11 is 2.91. The molecule has 0 saturated carbocycles. The molecular weight excluding hydrogens is 548 g/mol. The molecule has 2 aliphatic rings. The highest BCUT2D eigenvalue weighted by molar-refractivity contribution is 8.00. The lowest BCUT2D eigenvalue weighted by atomic mass is 10.0. The van der Waals surface area contributed by atoms with E-state index in [0.717, 1.165) is 15.0 Å². The Bertz CT molecular complexity index is 1500. The molecule has 3 aromatic rings. The molecule has 1 saturated heterocycles. The zero-order valence-corrected chi connectivity index (χ0v) is 22.1. The normalized spacial score (nSPS) is 18.9. The van der Waals surface area contributed by atoms with Crippen LogP contribution in [0.5, 0.6) is 0 Å². The molecular formula is C24H22N6O7S2. The van der Waals surface area contributed by atoms with Gasteiger partial charge in [-0.2, -0.15) is 9.67 Å². The zero-order chi connectivity index (χ0) is 27.5. The Hall–Kier alpha value is -4.24. The number of fused-ring (bicyclic) bond motifs is 2. The number of hydrogen-bond acceptors (Lipinski definition) is 11. The molecule has 2 N–H and O–H groups in total. The molecule has 2 atom stereocenters. The summed E-state index contributed by atoms with van der Waals surface area (Å²) in [6, 6.07) is 4.40. The number of carbonyl (C=O) groups is 4. The van der Waals surface area contributed by atoms with Crippen LogP contribution in [0.4, 0.5) is 0 Å². The number of carboxylic acids is 1. The Morgan fingerprint density at radius 2 is 2.18 bits per heavy atom. The van der Waals surface area contributed by atoms with Gasteiger partial charge in [0.15, 0.2) is 24.7 Å². The van der Waals surface area contributed by atoms with Gasteiger partial charge in [0.05, 0.1) is 28.7 Å². The van der Waals surface area contributed by atoms with Crippen molar-refractivity contribution in [2.75, 3.05) is 19.0 Å². The smallest absolute Gasteiger partial charge is 0.347 e. The van der Waals surface area contributed by atoms with Gasteiger partial charge in [-0.3, -0.25) is 19.6 Å². The highest BCUT2D eigenvalue weighted by Gasteiger charge is 2.53. The Kier molecular flexibility index (Phi) is 7.60. The van der Waals surface area contributed by atoms with E-state index in [0.29, 0.717) is 11.3 Å². The summed E-state index contributed by atoms with van der Waals surface area (Å²) in [5, 5.41) is 27.2. The Morgan fingerprint density at radius 1 is 1.33 bits per heavy atom. The number of H-pyrrole nitrogens is 1. The van der Waals surface area contributed by atoms with E-state index in [4.69, 9.17) is 9.57 Å². The molecule has 39 heavy (non-hydrogen) atoms. The van der Waals surface area contributed by atoms with Gasteiger partial charge in [-0.1, -0.05) is 5.16 Å². The highest BCUT2D eigenvalue weighted by Crippen LogP contribution is 2.40. The summed E-state index contributed by atoms with van der Waals surface area (Å²) in [6.07, 6.45) is 5.17. The van der Waals surface area contributed by atoms with Gasteiger partial charge in [0.25, 0.3) is 11.8 Å². The lowest BCUT2D eigenvalue weighted by Crippen LogP contribution is -2.71. The number of ether oxygens (including phenoxy) is 1. The molecule has 0 aromatic carbocycles. The van der Waals surface area contributed by atoms with E-state index in [1.54, 1.807) is 18.3 Å². The number of hydrogen-bond donors (Lipinski definition) is 2. The van der Waals surface area contributed by atoms with Gasteiger partial charge < -0.3 is 24.8 Å². The van der Waals surface area contributed by atoms with Crippen molar-refractivity contribution >= 4 is 62.6 Å². The fourth-order valence-electron chi connectivity index (χ4n) is 4.22. The van der Waals surface area contributed by atoms with Crippen molar-refractivity contribution < 1.29 is 38.4 Å². The number of thiophene rings is 1. The molecule has 0 aliphatic carbocycles. The maximum atomic E-state index is 13.1. The van der Waals surface area contributed by atoms with Gasteiger partial charge in [-0.15, -0.1) is 23.1 Å². The number of nitrogens with one attached hydrogen (secondary N) is 2. The molecule has 5 rings (SSSR count). The van der Waals surface area contributed by atoms with Crippen molar-refractivity contribution in [2.24, 2.45) is 5.16 Å². The molecule has 1 fully saturated rings. The van der Waals surface area contributed by atoms with E-state index in [-0.39, 0.29) is 30.3 Å². The first-order chi connectivity index (χ1) is 18.9. The largest absolute Gasteiger partial charge is 0.543 e. The fourth-order valence-corrected chi connectivity index (χ4v) is 6.38. The maximum Gasteiger partial charge on any atom is 0.347 e. The monoisotopic (exact) mass is 570 g/mol. The van der Waals surface area contributed by atoms with Crippen LogP contribution in [0.2, 0.25) is 0 Å². The molecule has 5 heterocycles. The molecule has 0 bridgehead atoms. The molecule has 2 amide bonds. The Balaban J connectivity index is 1.31. The third-order valence-electron chi connectivity index (χ3n) is 5.97. The van der Waals surface area contributed by atoms with Crippen LogP contribution in [0.25, 0.3) is 10.1 Å². The molecule has 2 aliphatic heterocycles. The summed E-state index contributed by atoms with van der Waals surface area (Å²) in [4.78, 5) is 55.9. The predicted octanol–water partition coefficient (Wildman–Crippen LogP) is -0.700. The first-order valence-electron chi connectivity index (χ1n) is 11.8. The van der Waals surface area contributed by atoms with Crippen LogP contribution in [-0.4, -0.2) is 74.9 Å². The lowest BCUT2D eigenvalue weighted by Gasteiger charge is -2.50. The number of aromatic nitrogens is 3. The number of pyridine rings is 1. The molecule has 0 radical (unpaired) electrons. The number of β-lactam (4-membered cyclic amide) rings is 1. The van der Waals surface area contributed by atoms with Crippen molar-refractivity contribution in [3.05, 3.63) is 59.1 Å². The maximum absolute atomic E-state index is 13.1. The Labute approximate surface area is 229 Å². The average Bonchev–Trinajstić information content (AvgIpc) is 3.61. The van der Waals surface area contributed by atoms with E-state index in [2.05, 4.69) is 20.7 Å². The number of carbonyl (C=O) groups excluding carboxylic acids is 4. The second kappa shape index (κ2) is 11.2. The summed E-state index contributed by atoms with van der Waals surface area (Å²) in [5.74, 6) is -3.17. The molecule has 0 spiro atoms. The zero-order valence-electron chi connectivity index (χ0n) is 20.5. The summed E-state index contributed by atoms with van der Waals surface area (Å²) in [7, 11) is 0. The summed E-state index contributed by atoms with van der Waals surface area (Å²) in [6.45, 7) is 1.55. The van der Waals surface area contributed by atoms with Crippen LogP contribution < -0.4 is 15.0 Å². The van der Waals surface area contributed by atoms with Gasteiger partial charge in [-0.05, 0) is 24.4 Å². The number of amides is 2. The minimum atomic E-state index is -1.46. The lowest BCUT2D eigenvalue weighted by molar-refractivity contribution is -0.687.